The van der Waals surface area contributed by atoms with Crippen molar-refractivity contribution in [3.05, 3.63) is 95.1 Å². The molecule has 2 heterocycles. The van der Waals surface area contributed by atoms with Gasteiger partial charge in [-0.25, -0.2) is 9.59 Å². The van der Waals surface area contributed by atoms with E-state index < -0.39 is 18.0 Å². The van der Waals surface area contributed by atoms with Gasteiger partial charge in [0, 0.05) is 11.1 Å². The van der Waals surface area contributed by atoms with Gasteiger partial charge in [0.2, 0.25) is 6.10 Å². The van der Waals surface area contributed by atoms with Gasteiger partial charge in [-0.05, 0) is 35.4 Å². The topological polar surface area (TPSA) is 72.8 Å². The van der Waals surface area contributed by atoms with Crippen molar-refractivity contribution >= 4 is 11.9 Å². The minimum Gasteiger partial charge on any atom is -0.508 e. The molecule has 5 nitrogen and oxygen atoms in total. The van der Waals surface area contributed by atoms with E-state index in [-0.39, 0.29) is 5.75 Å². The van der Waals surface area contributed by atoms with Crippen LogP contribution >= 0.6 is 0 Å². The van der Waals surface area contributed by atoms with E-state index in [9.17, 15) is 14.7 Å². The quantitative estimate of drug-likeness (QED) is 0.701. The standard InChI is InChI=1S/C22H13O5/c23-13-10-8-12(9-11-13)14-6-3-7-17-18(14)20(27-22(17)25)19-15-4-1-2-5-16(15)21(24)26-19/h1-11,19,23H. The molecule has 0 aliphatic carbocycles. The molecule has 0 aromatic heterocycles. The number of cyclic esters (lactones) is 2. The van der Waals surface area contributed by atoms with Crippen LogP contribution in [0.5, 0.6) is 5.75 Å². The van der Waals surface area contributed by atoms with Gasteiger partial charge in [0.05, 0.1) is 11.1 Å². The Kier molecular flexibility index (Phi) is 3.31. The van der Waals surface area contributed by atoms with Crippen LogP contribution in [-0.2, 0) is 9.47 Å². The van der Waals surface area contributed by atoms with Gasteiger partial charge >= 0.3 is 11.9 Å². The summed E-state index contributed by atoms with van der Waals surface area (Å²) < 4.78 is 11.1. The van der Waals surface area contributed by atoms with E-state index in [4.69, 9.17) is 9.47 Å². The molecule has 3 aromatic rings. The lowest BCUT2D eigenvalue weighted by molar-refractivity contribution is 0.0183. The van der Waals surface area contributed by atoms with Gasteiger partial charge in [-0.3, -0.25) is 0 Å². The first-order valence-electron chi connectivity index (χ1n) is 8.45. The number of rotatable bonds is 2. The van der Waals surface area contributed by atoms with Crippen molar-refractivity contribution in [2.45, 2.75) is 6.10 Å². The van der Waals surface area contributed by atoms with Crippen LogP contribution < -0.4 is 0 Å². The van der Waals surface area contributed by atoms with Crippen LogP contribution in [0.25, 0.3) is 11.1 Å². The maximum atomic E-state index is 12.4. The van der Waals surface area contributed by atoms with Crippen molar-refractivity contribution in [2.75, 3.05) is 0 Å². The number of benzene rings is 3. The first-order valence-corrected chi connectivity index (χ1v) is 8.45. The first-order chi connectivity index (χ1) is 13.1. The van der Waals surface area contributed by atoms with Crippen LogP contribution in [0.1, 0.15) is 37.9 Å². The van der Waals surface area contributed by atoms with Crippen molar-refractivity contribution in [3.63, 3.8) is 0 Å². The molecule has 131 valence electrons. The highest BCUT2D eigenvalue weighted by atomic mass is 16.6. The number of esters is 2. The fraction of sp³-hybridized carbons (Fsp3) is 0.0455. The van der Waals surface area contributed by atoms with Crippen LogP contribution in [0, 0.1) is 6.10 Å². The Morgan fingerprint density at radius 3 is 2.26 bits per heavy atom. The van der Waals surface area contributed by atoms with Crippen molar-refractivity contribution in [1.82, 2.24) is 0 Å². The molecule has 1 atom stereocenters. The zero-order valence-electron chi connectivity index (χ0n) is 14.0. The van der Waals surface area contributed by atoms with E-state index in [1.54, 1.807) is 54.6 Å². The number of hydrogen-bond donors (Lipinski definition) is 1. The maximum absolute atomic E-state index is 12.4. The molecule has 0 spiro atoms. The SMILES string of the molecule is O=C1OC([C]2OC(=O)c3cccc(-c4ccc(O)cc4)c32)c2ccccc21. The van der Waals surface area contributed by atoms with Gasteiger partial charge in [0.1, 0.15) is 5.75 Å². The molecule has 3 aromatic carbocycles. The Labute approximate surface area is 154 Å². The molecule has 2 aliphatic rings. The van der Waals surface area contributed by atoms with Gasteiger partial charge in [0.15, 0.2) is 6.10 Å². The summed E-state index contributed by atoms with van der Waals surface area (Å²) in [6, 6.07) is 19.1. The van der Waals surface area contributed by atoms with Gasteiger partial charge in [-0.15, -0.1) is 0 Å². The first kappa shape index (κ1) is 15.6. The smallest absolute Gasteiger partial charge is 0.339 e. The monoisotopic (exact) mass is 357 g/mol. The molecular weight excluding hydrogens is 344 g/mol. The third-order valence-corrected chi connectivity index (χ3v) is 4.84. The minimum atomic E-state index is -0.767. The van der Waals surface area contributed by atoms with Gasteiger partial charge in [-0.2, -0.15) is 0 Å². The van der Waals surface area contributed by atoms with E-state index in [2.05, 4.69) is 0 Å². The molecule has 1 radical (unpaired) electrons. The molecular formula is C22H13O5. The molecule has 0 saturated heterocycles. The summed E-state index contributed by atoms with van der Waals surface area (Å²) in [5.74, 6) is -0.753. The lowest BCUT2D eigenvalue weighted by atomic mass is 9.89. The Balaban J connectivity index is 1.67. The summed E-state index contributed by atoms with van der Waals surface area (Å²) in [6.45, 7) is 0. The largest absolute Gasteiger partial charge is 0.508 e. The second-order valence-corrected chi connectivity index (χ2v) is 6.40. The van der Waals surface area contributed by atoms with E-state index in [0.29, 0.717) is 28.4 Å². The summed E-state index contributed by atoms with van der Waals surface area (Å²) in [6.07, 6.45) is -0.450. The molecule has 1 N–H and O–H groups in total. The molecule has 27 heavy (non-hydrogen) atoms. The maximum Gasteiger partial charge on any atom is 0.339 e. The lowest BCUT2D eigenvalue weighted by Gasteiger charge is -2.19. The lowest BCUT2D eigenvalue weighted by Crippen LogP contribution is -2.13. The molecule has 1 unspecified atom stereocenters. The number of fused-ring (bicyclic) bond motifs is 2. The van der Waals surface area contributed by atoms with Gasteiger partial charge < -0.3 is 14.6 Å². The predicted molar refractivity (Wildman–Crippen MR) is 95.9 cm³/mol. The van der Waals surface area contributed by atoms with Crippen molar-refractivity contribution in [3.8, 4) is 16.9 Å². The van der Waals surface area contributed by atoms with Crippen LogP contribution in [0.15, 0.2) is 66.7 Å². The van der Waals surface area contributed by atoms with E-state index in [1.807, 2.05) is 12.1 Å². The van der Waals surface area contributed by atoms with Gasteiger partial charge in [0.25, 0.3) is 0 Å². The summed E-state index contributed by atoms with van der Waals surface area (Å²) in [5.41, 5.74) is 3.78. The third-order valence-electron chi connectivity index (χ3n) is 4.84. The van der Waals surface area contributed by atoms with E-state index >= 15 is 0 Å². The normalized spacial score (nSPS) is 18.0. The molecule has 2 aliphatic heterocycles. The highest BCUT2D eigenvalue weighted by Gasteiger charge is 2.46. The Morgan fingerprint density at radius 1 is 0.741 bits per heavy atom. The van der Waals surface area contributed by atoms with Crippen molar-refractivity contribution in [2.24, 2.45) is 0 Å². The average molecular weight is 357 g/mol. The Morgan fingerprint density at radius 2 is 1.44 bits per heavy atom. The number of ether oxygens (including phenoxy) is 2. The van der Waals surface area contributed by atoms with Crippen LogP contribution in [0.3, 0.4) is 0 Å². The van der Waals surface area contributed by atoms with E-state index in [0.717, 1.165) is 11.1 Å². The number of aromatic hydroxyl groups is 1. The van der Waals surface area contributed by atoms with E-state index in [1.165, 1.54) is 0 Å². The summed E-state index contributed by atoms with van der Waals surface area (Å²) in [7, 11) is 0. The molecule has 0 saturated carbocycles. The second-order valence-electron chi connectivity index (χ2n) is 6.40. The predicted octanol–water partition coefficient (Wildman–Crippen LogP) is 4.02. The van der Waals surface area contributed by atoms with Crippen LogP contribution in [-0.4, -0.2) is 17.0 Å². The highest BCUT2D eigenvalue weighted by molar-refractivity contribution is 6.00. The fourth-order valence-electron chi connectivity index (χ4n) is 3.60. The average Bonchev–Trinajstić information content (AvgIpc) is 3.20. The molecule has 0 bridgehead atoms. The fourth-order valence-corrected chi connectivity index (χ4v) is 3.60. The summed E-state index contributed by atoms with van der Waals surface area (Å²) in [4.78, 5) is 24.7. The Hall–Kier alpha value is -3.60. The minimum absolute atomic E-state index is 0.154. The molecule has 0 amide bonds. The number of phenols is 1. The van der Waals surface area contributed by atoms with Gasteiger partial charge in [-0.1, -0.05) is 42.5 Å². The van der Waals surface area contributed by atoms with Crippen LogP contribution in [0.2, 0.25) is 0 Å². The molecule has 5 heteroatoms. The zero-order valence-corrected chi connectivity index (χ0v) is 14.0. The zero-order chi connectivity index (χ0) is 18.5. The summed E-state index contributed by atoms with van der Waals surface area (Å²) in [5, 5.41) is 9.56. The summed E-state index contributed by atoms with van der Waals surface area (Å²) >= 11 is 0. The highest BCUT2D eigenvalue weighted by Crippen LogP contribution is 2.48. The van der Waals surface area contributed by atoms with Crippen LogP contribution in [0.4, 0.5) is 0 Å². The van der Waals surface area contributed by atoms with Crippen molar-refractivity contribution < 1.29 is 24.2 Å². The molecule has 5 rings (SSSR count). The van der Waals surface area contributed by atoms with Crippen molar-refractivity contribution in [1.29, 1.82) is 0 Å². The number of carbonyl (C=O) groups excluding carboxylic acids is 2. The molecule has 0 fully saturated rings. The number of phenolic OH excluding ortho intramolecular Hbond substituents is 1. The Bertz CT molecular complexity index is 1080. The second kappa shape index (κ2) is 5.71. The third kappa shape index (κ3) is 2.32. The number of hydrogen-bond acceptors (Lipinski definition) is 5. The number of carbonyl (C=O) groups is 2.